The summed E-state index contributed by atoms with van der Waals surface area (Å²) in [4.78, 5) is 25.7. The fourth-order valence-corrected chi connectivity index (χ4v) is 2.50. The molecule has 0 unspecified atom stereocenters. The number of nitrogens with one attached hydrogen (secondary N) is 1. The minimum atomic E-state index is -0.903. The number of carbonyl (C=O) groups excluding carboxylic acids is 2. The van der Waals surface area contributed by atoms with Crippen LogP contribution >= 0.6 is 27.5 Å². The molecule has 1 saturated heterocycles. The van der Waals surface area contributed by atoms with Gasteiger partial charge in [0.05, 0.1) is 5.02 Å². The smallest absolute Gasteiger partial charge is 0.252 e. The zero-order valence-corrected chi connectivity index (χ0v) is 13.0. The standard InChI is InChI=1S/C13H14BrClN2O2/c1-13(2)12(19)17(6-5-11(18)16-13)8-3-4-10(15)9(14)7-8/h3-4,7H,5-6H2,1-2H3,(H,16,18). The first-order valence-electron chi connectivity index (χ1n) is 5.89. The summed E-state index contributed by atoms with van der Waals surface area (Å²) in [6.45, 7) is 3.77. The van der Waals surface area contributed by atoms with E-state index in [0.717, 1.165) is 10.2 Å². The highest BCUT2D eigenvalue weighted by atomic mass is 79.9. The van der Waals surface area contributed by atoms with E-state index in [1.54, 1.807) is 36.9 Å². The van der Waals surface area contributed by atoms with E-state index >= 15 is 0 Å². The maximum Gasteiger partial charge on any atom is 0.252 e. The summed E-state index contributed by atoms with van der Waals surface area (Å²) in [7, 11) is 0. The molecule has 1 aliphatic rings. The van der Waals surface area contributed by atoms with Crippen LogP contribution in [0.3, 0.4) is 0 Å². The summed E-state index contributed by atoms with van der Waals surface area (Å²) in [5, 5.41) is 3.31. The highest BCUT2D eigenvalue weighted by molar-refractivity contribution is 9.10. The molecule has 0 spiro atoms. The second kappa shape index (κ2) is 5.13. The third kappa shape index (κ3) is 2.92. The summed E-state index contributed by atoms with van der Waals surface area (Å²) >= 11 is 9.29. The lowest BCUT2D eigenvalue weighted by Gasteiger charge is -2.29. The number of hydrogen-bond acceptors (Lipinski definition) is 2. The predicted octanol–water partition coefficient (Wildman–Crippen LogP) is 2.73. The van der Waals surface area contributed by atoms with Crippen LogP contribution < -0.4 is 10.2 Å². The van der Waals surface area contributed by atoms with Crippen molar-refractivity contribution in [3.05, 3.63) is 27.7 Å². The van der Waals surface area contributed by atoms with Gasteiger partial charge in [-0.3, -0.25) is 9.59 Å². The van der Waals surface area contributed by atoms with Crippen LogP contribution in [0.4, 0.5) is 5.69 Å². The fraction of sp³-hybridized carbons (Fsp3) is 0.385. The van der Waals surface area contributed by atoms with Gasteiger partial charge in [-0.25, -0.2) is 0 Å². The second-order valence-corrected chi connectivity index (χ2v) is 6.24. The van der Waals surface area contributed by atoms with Gasteiger partial charge in [0.25, 0.3) is 5.91 Å². The molecule has 2 rings (SSSR count). The van der Waals surface area contributed by atoms with Gasteiger partial charge in [0.1, 0.15) is 5.54 Å². The van der Waals surface area contributed by atoms with Gasteiger partial charge in [-0.2, -0.15) is 0 Å². The van der Waals surface area contributed by atoms with Gasteiger partial charge in [0.2, 0.25) is 5.91 Å². The quantitative estimate of drug-likeness (QED) is 0.851. The van der Waals surface area contributed by atoms with Crippen LogP contribution in [0.1, 0.15) is 20.3 Å². The van der Waals surface area contributed by atoms with Crippen LogP contribution in [0.25, 0.3) is 0 Å². The molecule has 1 aromatic rings. The molecule has 6 heteroatoms. The molecule has 0 saturated carbocycles. The number of carbonyl (C=O) groups is 2. The summed E-state index contributed by atoms with van der Waals surface area (Å²) in [5.41, 5.74) is -0.175. The first-order valence-corrected chi connectivity index (χ1v) is 7.06. The van der Waals surface area contributed by atoms with Crippen molar-refractivity contribution in [1.82, 2.24) is 5.32 Å². The maximum absolute atomic E-state index is 12.5. The number of halogens is 2. The van der Waals surface area contributed by atoms with Gasteiger partial charge >= 0.3 is 0 Å². The normalized spacial score (nSPS) is 19.1. The molecule has 1 aromatic carbocycles. The van der Waals surface area contributed by atoms with Gasteiger partial charge < -0.3 is 10.2 Å². The first kappa shape index (κ1) is 14.3. The predicted molar refractivity (Wildman–Crippen MR) is 78.3 cm³/mol. The lowest BCUT2D eigenvalue weighted by atomic mass is 10.0. The van der Waals surface area contributed by atoms with Crippen LogP contribution in [-0.2, 0) is 9.59 Å². The van der Waals surface area contributed by atoms with Crippen molar-refractivity contribution in [2.75, 3.05) is 11.4 Å². The Labute approximate surface area is 125 Å². The maximum atomic E-state index is 12.5. The average molecular weight is 346 g/mol. The van der Waals surface area contributed by atoms with Crippen molar-refractivity contribution < 1.29 is 9.59 Å². The van der Waals surface area contributed by atoms with E-state index in [-0.39, 0.29) is 18.2 Å². The number of amides is 2. The minimum absolute atomic E-state index is 0.117. The van der Waals surface area contributed by atoms with Crippen molar-refractivity contribution in [3.8, 4) is 0 Å². The molecule has 0 bridgehead atoms. The molecule has 2 amide bonds. The average Bonchev–Trinajstić information content (AvgIpc) is 2.41. The van der Waals surface area contributed by atoms with Gasteiger partial charge in [-0.1, -0.05) is 11.6 Å². The Morgan fingerprint density at radius 2 is 2.05 bits per heavy atom. The molecule has 4 nitrogen and oxygen atoms in total. The summed E-state index contributed by atoms with van der Waals surface area (Å²) in [6.07, 6.45) is 0.287. The highest BCUT2D eigenvalue weighted by Gasteiger charge is 2.37. The summed E-state index contributed by atoms with van der Waals surface area (Å²) < 4.78 is 0.723. The first-order chi connectivity index (χ1) is 8.81. The van der Waals surface area contributed by atoms with Crippen LogP contribution in [0.15, 0.2) is 22.7 Å². The third-order valence-corrected chi connectivity index (χ3v) is 4.22. The Hall–Kier alpha value is -1.07. The van der Waals surface area contributed by atoms with Gasteiger partial charge in [-0.05, 0) is 48.0 Å². The third-order valence-electron chi connectivity index (χ3n) is 3.01. The second-order valence-electron chi connectivity index (χ2n) is 4.98. The zero-order valence-electron chi connectivity index (χ0n) is 10.7. The van der Waals surface area contributed by atoms with E-state index in [4.69, 9.17) is 11.6 Å². The molecule has 1 aliphatic heterocycles. The van der Waals surface area contributed by atoms with Crippen molar-refractivity contribution in [2.45, 2.75) is 25.8 Å². The Bertz CT molecular complexity index is 545. The molecule has 1 fully saturated rings. The molecule has 102 valence electrons. The monoisotopic (exact) mass is 344 g/mol. The highest BCUT2D eigenvalue weighted by Crippen LogP contribution is 2.29. The Balaban J connectivity index is 2.39. The van der Waals surface area contributed by atoms with Gasteiger partial charge in [-0.15, -0.1) is 0 Å². The molecule has 1 heterocycles. The lowest BCUT2D eigenvalue weighted by Crippen LogP contribution is -2.53. The van der Waals surface area contributed by atoms with Crippen molar-refractivity contribution in [3.63, 3.8) is 0 Å². The molecular formula is C13H14BrClN2O2. The number of anilines is 1. The Kier molecular flexibility index (Phi) is 3.87. The van der Waals surface area contributed by atoms with Gasteiger partial charge in [0, 0.05) is 23.1 Å². The zero-order chi connectivity index (χ0) is 14.2. The molecule has 19 heavy (non-hydrogen) atoms. The number of nitrogens with zero attached hydrogens (tertiary/aromatic N) is 1. The van der Waals surface area contributed by atoms with E-state index in [0.29, 0.717) is 11.6 Å². The van der Waals surface area contributed by atoms with E-state index in [9.17, 15) is 9.59 Å². The molecular weight excluding hydrogens is 332 g/mol. The van der Waals surface area contributed by atoms with E-state index in [2.05, 4.69) is 21.2 Å². The van der Waals surface area contributed by atoms with Crippen molar-refractivity contribution in [1.29, 1.82) is 0 Å². The largest absolute Gasteiger partial charge is 0.342 e. The molecule has 0 aliphatic carbocycles. The molecule has 0 aromatic heterocycles. The van der Waals surface area contributed by atoms with Crippen LogP contribution in [0, 0.1) is 0 Å². The summed E-state index contributed by atoms with van der Waals surface area (Å²) in [5.74, 6) is -0.249. The van der Waals surface area contributed by atoms with Crippen LogP contribution in [0.5, 0.6) is 0 Å². The topological polar surface area (TPSA) is 49.4 Å². The summed E-state index contributed by atoms with van der Waals surface area (Å²) in [6, 6.07) is 5.28. The molecule has 0 atom stereocenters. The number of rotatable bonds is 1. The van der Waals surface area contributed by atoms with Crippen LogP contribution in [-0.4, -0.2) is 23.9 Å². The van der Waals surface area contributed by atoms with Crippen molar-refractivity contribution in [2.24, 2.45) is 0 Å². The molecule has 0 radical (unpaired) electrons. The minimum Gasteiger partial charge on any atom is -0.342 e. The Morgan fingerprint density at radius 3 is 2.68 bits per heavy atom. The molecule has 1 N–H and O–H groups in total. The van der Waals surface area contributed by atoms with Crippen molar-refractivity contribution >= 4 is 45.0 Å². The number of hydrogen-bond donors (Lipinski definition) is 1. The Morgan fingerprint density at radius 1 is 1.37 bits per heavy atom. The lowest BCUT2D eigenvalue weighted by molar-refractivity contribution is -0.128. The van der Waals surface area contributed by atoms with E-state index in [1.807, 2.05) is 0 Å². The van der Waals surface area contributed by atoms with Gasteiger partial charge in [0.15, 0.2) is 0 Å². The van der Waals surface area contributed by atoms with E-state index < -0.39 is 5.54 Å². The van der Waals surface area contributed by atoms with E-state index in [1.165, 1.54) is 0 Å². The fourth-order valence-electron chi connectivity index (χ4n) is 2.02. The number of benzene rings is 1. The van der Waals surface area contributed by atoms with Crippen LogP contribution in [0.2, 0.25) is 5.02 Å². The SMILES string of the molecule is CC1(C)NC(=O)CCN(c2ccc(Cl)c(Br)c2)C1=O.